The minimum absolute atomic E-state index is 0.0615. The number of amidine groups is 1. The van der Waals surface area contributed by atoms with Crippen molar-refractivity contribution >= 4 is 56.4 Å². The maximum Gasteiger partial charge on any atom is 0.266 e. The number of amides is 2. The van der Waals surface area contributed by atoms with Gasteiger partial charge in [0.2, 0.25) is 0 Å². The third kappa shape index (κ3) is 5.95. The first-order chi connectivity index (χ1) is 14.9. The molecule has 0 aromatic heterocycles. The highest BCUT2D eigenvalue weighted by atomic mass is 79.9. The molecule has 3 rings (SSSR count). The lowest BCUT2D eigenvalue weighted by Gasteiger charge is -2.11. The van der Waals surface area contributed by atoms with Crippen molar-refractivity contribution in [1.29, 1.82) is 0 Å². The van der Waals surface area contributed by atoms with Crippen LogP contribution in [0.5, 0.6) is 5.75 Å². The number of halogens is 2. The number of thioether (sulfide) groups is 1. The van der Waals surface area contributed by atoms with E-state index in [0.29, 0.717) is 39.1 Å². The molecule has 6 nitrogen and oxygen atoms in total. The summed E-state index contributed by atoms with van der Waals surface area (Å²) in [5.74, 6) is -0.305. The summed E-state index contributed by atoms with van der Waals surface area (Å²) >= 11 is 4.81. The molecule has 162 valence electrons. The normalized spacial score (nSPS) is 16.3. The molecule has 0 radical (unpaired) electrons. The minimum Gasteiger partial charge on any atom is -0.483 e. The maximum absolute atomic E-state index is 12.9. The summed E-state index contributed by atoms with van der Waals surface area (Å²) in [6.07, 6.45) is 1.81. The second-order valence-electron chi connectivity index (χ2n) is 6.45. The molecule has 0 aliphatic carbocycles. The van der Waals surface area contributed by atoms with Crippen LogP contribution in [0.4, 0.5) is 10.1 Å². The summed E-state index contributed by atoms with van der Waals surface area (Å²) < 4.78 is 19.2. The van der Waals surface area contributed by atoms with Crippen LogP contribution in [-0.4, -0.2) is 41.6 Å². The number of aliphatic imine (C=N–C) groups is 1. The second-order valence-corrected chi connectivity index (χ2v) is 8.31. The first kappa shape index (κ1) is 23.0. The van der Waals surface area contributed by atoms with Crippen molar-refractivity contribution in [2.24, 2.45) is 4.99 Å². The molecule has 2 aromatic carbocycles. The number of nitrogens with one attached hydrogen (secondary N) is 1. The van der Waals surface area contributed by atoms with Crippen LogP contribution in [0.1, 0.15) is 19.4 Å². The maximum atomic E-state index is 12.9. The molecule has 2 amide bonds. The van der Waals surface area contributed by atoms with Crippen molar-refractivity contribution < 1.29 is 18.7 Å². The Morgan fingerprint density at radius 1 is 1.26 bits per heavy atom. The van der Waals surface area contributed by atoms with Gasteiger partial charge in [-0.15, -0.1) is 0 Å². The van der Waals surface area contributed by atoms with E-state index in [1.165, 1.54) is 36.0 Å². The van der Waals surface area contributed by atoms with Gasteiger partial charge in [-0.1, -0.05) is 6.07 Å². The Hall–Kier alpha value is -2.65. The number of anilines is 1. The number of ether oxygens (including phenoxy) is 1. The Morgan fingerprint density at radius 3 is 2.65 bits per heavy atom. The van der Waals surface area contributed by atoms with E-state index in [1.807, 2.05) is 32.1 Å². The van der Waals surface area contributed by atoms with Crippen molar-refractivity contribution in [2.75, 3.05) is 25.0 Å². The Bertz CT molecular complexity index is 1040. The van der Waals surface area contributed by atoms with Crippen LogP contribution in [-0.2, 0) is 9.59 Å². The molecule has 1 aliphatic heterocycles. The number of hydrogen-bond donors (Lipinski definition) is 1. The fourth-order valence-electron chi connectivity index (χ4n) is 2.79. The zero-order valence-electron chi connectivity index (χ0n) is 17.0. The molecule has 9 heteroatoms. The highest BCUT2D eigenvalue weighted by Gasteiger charge is 2.31. The fourth-order valence-corrected chi connectivity index (χ4v) is 4.40. The van der Waals surface area contributed by atoms with Gasteiger partial charge in [0, 0.05) is 18.8 Å². The largest absolute Gasteiger partial charge is 0.483 e. The zero-order chi connectivity index (χ0) is 22.4. The number of carbonyl (C=O) groups excluding carboxylic acids is 2. The van der Waals surface area contributed by atoms with E-state index in [0.717, 1.165) is 5.56 Å². The van der Waals surface area contributed by atoms with E-state index < -0.39 is 0 Å². The first-order valence-electron chi connectivity index (χ1n) is 9.65. The van der Waals surface area contributed by atoms with Crippen LogP contribution in [0.2, 0.25) is 0 Å². The van der Waals surface area contributed by atoms with Crippen molar-refractivity contribution in [3.63, 3.8) is 0 Å². The fraction of sp³-hybridized carbons (Fsp3) is 0.227. The van der Waals surface area contributed by atoms with E-state index in [4.69, 9.17) is 4.74 Å². The molecule has 0 spiro atoms. The summed E-state index contributed by atoms with van der Waals surface area (Å²) in [5.41, 5.74) is 1.31. The second kappa shape index (κ2) is 10.6. The summed E-state index contributed by atoms with van der Waals surface area (Å²) in [5, 5.41) is 3.35. The Kier molecular flexibility index (Phi) is 7.86. The van der Waals surface area contributed by atoms with Crippen molar-refractivity contribution in [2.45, 2.75) is 13.8 Å². The number of rotatable bonds is 7. The van der Waals surface area contributed by atoms with Crippen molar-refractivity contribution in [3.8, 4) is 5.75 Å². The van der Waals surface area contributed by atoms with E-state index in [2.05, 4.69) is 26.2 Å². The number of likely N-dealkylation sites (N-methyl/N-ethyl adjacent to an activating group) is 1. The van der Waals surface area contributed by atoms with Crippen molar-refractivity contribution in [3.05, 3.63) is 63.2 Å². The SMILES string of the molecule is CCN=C1S/C(=C/c2ccc(OCC(=O)Nc3ccc(F)cc3)c(Br)c2)C(=O)N1CC. The van der Waals surface area contributed by atoms with Gasteiger partial charge in [0.05, 0.1) is 9.38 Å². The van der Waals surface area contributed by atoms with Gasteiger partial charge in [0.1, 0.15) is 11.6 Å². The van der Waals surface area contributed by atoms with E-state index >= 15 is 0 Å². The minimum atomic E-state index is -0.373. The Labute approximate surface area is 192 Å². The van der Waals surface area contributed by atoms with Gasteiger partial charge in [-0.25, -0.2) is 4.39 Å². The van der Waals surface area contributed by atoms with Crippen LogP contribution in [0, 0.1) is 5.82 Å². The molecule has 1 N–H and O–H groups in total. The first-order valence-corrected chi connectivity index (χ1v) is 11.3. The Morgan fingerprint density at radius 2 is 2.00 bits per heavy atom. The van der Waals surface area contributed by atoms with Gasteiger partial charge in [-0.2, -0.15) is 0 Å². The van der Waals surface area contributed by atoms with Crippen LogP contribution in [0.3, 0.4) is 0 Å². The Balaban J connectivity index is 1.64. The summed E-state index contributed by atoms with van der Waals surface area (Å²) in [7, 11) is 0. The summed E-state index contributed by atoms with van der Waals surface area (Å²) in [4.78, 5) is 31.3. The molecule has 2 aromatic rings. The van der Waals surface area contributed by atoms with E-state index in [1.54, 1.807) is 11.0 Å². The average molecular weight is 506 g/mol. The average Bonchev–Trinajstić information content (AvgIpc) is 3.03. The van der Waals surface area contributed by atoms with E-state index in [9.17, 15) is 14.0 Å². The number of nitrogens with zero attached hydrogens (tertiary/aromatic N) is 2. The predicted octanol–water partition coefficient (Wildman–Crippen LogP) is 4.92. The van der Waals surface area contributed by atoms with Crippen LogP contribution in [0.15, 0.2) is 56.8 Å². The molecule has 0 saturated carbocycles. The predicted molar refractivity (Wildman–Crippen MR) is 126 cm³/mol. The quantitative estimate of drug-likeness (QED) is 0.542. The van der Waals surface area contributed by atoms with Gasteiger partial charge in [-0.05, 0) is 89.6 Å². The third-order valence-corrected chi connectivity index (χ3v) is 5.90. The van der Waals surface area contributed by atoms with Crippen LogP contribution < -0.4 is 10.1 Å². The standard InChI is InChI=1S/C22H21BrFN3O3S/c1-3-25-22-27(4-2)21(29)19(31-22)12-14-5-10-18(17(23)11-14)30-13-20(28)26-16-8-6-15(24)7-9-16/h5-12H,3-4,13H2,1-2H3,(H,26,28)/b19-12+,25-22?. The molecule has 0 unspecified atom stereocenters. The lowest BCUT2D eigenvalue weighted by atomic mass is 10.2. The molecule has 1 heterocycles. The summed E-state index contributed by atoms with van der Waals surface area (Å²) in [6, 6.07) is 10.8. The molecule has 1 aliphatic rings. The molecule has 0 bridgehead atoms. The van der Waals surface area contributed by atoms with Crippen LogP contribution >= 0.6 is 27.7 Å². The van der Waals surface area contributed by atoms with Gasteiger partial charge >= 0.3 is 0 Å². The summed E-state index contributed by atoms with van der Waals surface area (Å²) in [6.45, 7) is 4.84. The topological polar surface area (TPSA) is 71.0 Å². The molecular formula is C22H21BrFN3O3S. The highest BCUT2D eigenvalue weighted by molar-refractivity contribution is 9.10. The number of benzene rings is 2. The van der Waals surface area contributed by atoms with Crippen LogP contribution in [0.25, 0.3) is 6.08 Å². The van der Waals surface area contributed by atoms with Crippen molar-refractivity contribution in [1.82, 2.24) is 4.90 Å². The third-order valence-electron chi connectivity index (χ3n) is 4.24. The number of carbonyl (C=O) groups is 2. The van der Waals surface area contributed by atoms with Gasteiger partial charge in [-0.3, -0.25) is 19.5 Å². The van der Waals surface area contributed by atoms with Gasteiger partial charge in [0.25, 0.3) is 11.8 Å². The monoisotopic (exact) mass is 505 g/mol. The lowest BCUT2D eigenvalue weighted by Crippen LogP contribution is -2.28. The molecule has 0 atom stereocenters. The lowest BCUT2D eigenvalue weighted by molar-refractivity contribution is -0.122. The highest BCUT2D eigenvalue weighted by Crippen LogP contribution is 2.34. The number of hydrogen-bond acceptors (Lipinski definition) is 5. The van der Waals surface area contributed by atoms with Gasteiger partial charge < -0.3 is 10.1 Å². The van der Waals surface area contributed by atoms with Gasteiger partial charge in [0.15, 0.2) is 11.8 Å². The molecule has 31 heavy (non-hydrogen) atoms. The van der Waals surface area contributed by atoms with E-state index in [-0.39, 0.29) is 24.2 Å². The zero-order valence-corrected chi connectivity index (χ0v) is 19.4. The molecule has 1 saturated heterocycles. The molecule has 1 fully saturated rings. The molecular weight excluding hydrogens is 485 g/mol. The smallest absolute Gasteiger partial charge is 0.266 e.